The smallest absolute Gasteiger partial charge is 0.192 e. The summed E-state index contributed by atoms with van der Waals surface area (Å²) in [5, 5.41) is 0.250. The molecule has 0 aromatic rings. The summed E-state index contributed by atoms with van der Waals surface area (Å²) < 4.78 is 22.6. The predicted octanol–water partition coefficient (Wildman–Crippen LogP) is 4.86. The summed E-state index contributed by atoms with van der Waals surface area (Å²) in [6, 6.07) is 0. The van der Waals surface area contributed by atoms with Crippen LogP contribution in [-0.4, -0.2) is 60.4 Å². The highest BCUT2D eigenvalue weighted by atomic mass is 35.5. The second kappa shape index (κ2) is 14.5. The van der Waals surface area contributed by atoms with Crippen LogP contribution in [0.15, 0.2) is 0 Å². The number of hydrogen-bond acceptors (Lipinski definition) is 4. The van der Waals surface area contributed by atoms with E-state index in [-0.39, 0.29) is 5.04 Å². The fourth-order valence-corrected chi connectivity index (χ4v) is 2.98. The van der Waals surface area contributed by atoms with E-state index in [0.717, 1.165) is 25.3 Å². The molecule has 0 saturated heterocycles. The first-order valence-electron chi connectivity index (χ1n) is 9.24. The summed E-state index contributed by atoms with van der Waals surface area (Å²) in [5.74, 6) is 0.763. The van der Waals surface area contributed by atoms with Crippen molar-refractivity contribution in [2.45, 2.75) is 64.6 Å². The van der Waals surface area contributed by atoms with Gasteiger partial charge in [0.15, 0.2) is 8.32 Å². The van der Waals surface area contributed by atoms with Gasteiger partial charge in [0.1, 0.15) is 0 Å². The number of alkyl halides is 1. The molecule has 4 nitrogen and oxygen atoms in total. The summed E-state index contributed by atoms with van der Waals surface area (Å²) in [6.07, 6.45) is 4.60. The van der Waals surface area contributed by atoms with Crippen molar-refractivity contribution in [1.29, 1.82) is 0 Å². The maximum atomic E-state index is 6.05. The van der Waals surface area contributed by atoms with E-state index in [0.29, 0.717) is 39.6 Å². The number of rotatable bonds is 16. The van der Waals surface area contributed by atoms with E-state index in [9.17, 15) is 0 Å². The molecule has 0 bridgehead atoms. The lowest BCUT2D eigenvalue weighted by Crippen LogP contribution is -2.41. The van der Waals surface area contributed by atoms with Gasteiger partial charge >= 0.3 is 0 Å². The van der Waals surface area contributed by atoms with Gasteiger partial charge in [-0.3, -0.25) is 0 Å². The van der Waals surface area contributed by atoms with Crippen LogP contribution in [0.3, 0.4) is 0 Å². The Hall–Kier alpha value is 0.347. The molecular weight excluding hydrogens is 344 g/mol. The Morgan fingerprint density at radius 2 is 1.12 bits per heavy atom. The highest BCUT2D eigenvalue weighted by Gasteiger charge is 2.36. The van der Waals surface area contributed by atoms with Gasteiger partial charge in [-0.25, -0.2) is 0 Å². The van der Waals surface area contributed by atoms with Crippen LogP contribution in [0.5, 0.6) is 0 Å². The van der Waals surface area contributed by atoms with Crippen molar-refractivity contribution >= 4 is 19.9 Å². The molecule has 0 spiro atoms. The average molecular weight is 383 g/mol. The van der Waals surface area contributed by atoms with Gasteiger partial charge in [0.2, 0.25) is 0 Å². The average Bonchev–Trinajstić information content (AvgIpc) is 2.50. The van der Waals surface area contributed by atoms with Gasteiger partial charge in [-0.1, -0.05) is 33.6 Å². The molecule has 146 valence electrons. The van der Waals surface area contributed by atoms with Crippen LogP contribution in [0.1, 0.15) is 46.5 Å². The summed E-state index contributed by atoms with van der Waals surface area (Å²) in [4.78, 5) is 0. The molecule has 0 aliphatic carbocycles. The minimum atomic E-state index is -1.64. The molecular formula is C18H39ClO4Si. The first-order valence-corrected chi connectivity index (χ1v) is 12.7. The Bertz CT molecular complexity index is 283. The third kappa shape index (κ3) is 13.6. The maximum Gasteiger partial charge on any atom is 0.192 e. The lowest BCUT2D eigenvalue weighted by molar-refractivity contribution is 0.00801. The fourth-order valence-electron chi connectivity index (χ4n) is 1.77. The number of hydrogen-bond donors (Lipinski definition) is 0. The summed E-state index contributed by atoms with van der Waals surface area (Å²) >= 11 is 5.63. The predicted molar refractivity (Wildman–Crippen MR) is 105 cm³/mol. The van der Waals surface area contributed by atoms with Crippen LogP contribution >= 0.6 is 11.6 Å². The Morgan fingerprint density at radius 3 is 1.62 bits per heavy atom. The van der Waals surface area contributed by atoms with Gasteiger partial charge < -0.3 is 18.6 Å². The lowest BCUT2D eigenvalue weighted by Gasteiger charge is -2.36. The fraction of sp³-hybridized carbons (Fsp3) is 1.00. The molecule has 0 saturated carbocycles. The van der Waals surface area contributed by atoms with Gasteiger partial charge in [-0.15, -0.1) is 11.6 Å². The molecule has 0 unspecified atom stereocenters. The van der Waals surface area contributed by atoms with E-state index < -0.39 is 8.32 Å². The highest BCUT2D eigenvalue weighted by Crippen LogP contribution is 2.36. The molecule has 0 heterocycles. The first kappa shape index (κ1) is 24.3. The Kier molecular flexibility index (Phi) is 14.7. The van der Waals surface area contributed by atoms with Gasteiger partial charge in [0.25, 0.3) is 0 Å². The zero-order valence-corrected chi connectivity index (χ0v) is 18.3. The minimum Gasteiger partial charge on any atom is -0.414 e. The largest absolute Gasteiger partial charge is 0.414 e. The van der Waals surface area contributed by atoms with Crippen LogP contribution in [0.4, 0.5) is 0 Å². The van der Waals surface area contributed by atoms with E-state index in [1.165, 1.54) is 12.8 Å². The topological polar surface area (TPSA) is 36.9 Å². The summed E-state index contributed by atoms with van der Waals surface area (Å²) in [6.45, 7) is 15.9. The van der Waals surface area contributed by atoms with Crippen LogP contribution in [0.2, 0.25) is 18.1 Å². The van der Waals surface area contributed by atoms with E-state index in [1.807, 2.05) is 0 Å². The summed E-state index contributed by atoms with van der Waals surface area (Å²) in [5.41, 5.74) is 0. The Balaban J connectivity index is 3.24. The minimum absolute atomic E-state index is 0.250. The molecule has 0 aliphatic rings. The Morgan fingerprint density at radius 1 is 0.667 bits per heavy atom. The normalized spacial score (nSPS) is 12.8. The molecule has 6 heteroatoms. The van der Waals surface area contributed by atoms with Gasteiger partial charge in [-0.2, -0.15) is 0 Å². The van der Waals surface area contributed by atoms with E-state index in [1.54, 1.807) is 0 Å². The monoisotopic (exact) mass is 382 g/mol. The zero-order valence-electron chi connectivity index (χ0n) is 16.5. The van der Waals surface area contributed by atoms with Crippen molar-refractivity contribution < 1.29 is 18.6 Å². The van der Waals surface area contributed by atoms with Crippen molar-refractivity contribution in [3.63, 3.8) is 0 Å². The molecule has 0 aromatic heterocycles. The van der Waals surface area contributed by atoms with Crippen LogP contribution in [-0.2, 0) is 18.6 Å². The molecule has 0 radical (unpaired) electrons. The quantitative estimate of drug-likeness (QED) is 0.217. The molecule has 0 rings (SSSR count). The second-order valence-electron chi connectivity index (χ2n) is 7.55. The van der Waals surface area contributed by atoms with E-state index >= 15 is 0 Å². The molecule has 0 aromatic carbocycles. The van der Waals surface area contributed by atoms with Gasteiger partial charge in [-0.05, 0) is 31.0 Å². The standard InChI is InChI=1S/C18H39ClO4Si/c1-18(2,3)24(4,5)23-17-16-22-15-14-21-13-12-20-11-9-7-6-8-10-19/h6-17H2,1-5H3. The molecule has 24 heavy (non-hydrogen) atoms. The molecule has 0 N–H and O–H groups in total. The highest BCUT2D eigenvalue weighted by molar-refractivity contribution is 6.74. The SMILES string of the molecule is CC(C)(C)[Si](C)(C)OCCOCCOCCOCCCCCCCl. The van der Waals surface area contributed by atoms with E-state index in [4.69, 9.17) is 30.2 Å². The number of unbranched alkanes of at least 4 members (excludes halogenated alkanes) is 3. The third-order valence-corrected chi connectivity index (χ3v) is 9.22. The Labute approximate surface area is 155 Å². The van der Waals surface area contributed by atoms with Crippen molar-refractivity contribution in [1.82, 2.24) is 0 Å². The van der Waals surface area contributed by atoms with Crippen molar-refractivity contribution in [2.75, 3.05) is 52.1 Å². The van der Waals surface area contributed by atoms with Gasteiger partial charge in [0.05, 0.1) is 39.6 Å². The molecule has 0 atom stereocenters. The zero-order chi connectivity index (χ0) is 18.3. The second-order valence-corrected chi connectivity index (χ2v) is 12.7. The third-order valence-electron chi connectivity index (χ3n) is 4.41. The van der Waals surface area contributed by atoms with Crippen LogP contribution < -0.4 is 0 Å². The molecule has 0 fully saturated rings. The lowest BCUT2D eigenvalue weighted by atomic mass is 10.2. The van der Waals surface area contributed by atoms with Crippen molar-refractivity contribution in [3.05, 3.63) is 0 Å². The maximum absolute atomic E-state index is 6.05. The number of ether oxygens (including phenoxy) is 3. The van der Waals surface area contributed by atoms with E-state index in [2.05, 4.69) is 33.9 Å². The summed E-state index contributed by atoms with van der Waals surface area (Å²) in [7, 11) is -1.64. The first-order chi connectivity index (χ1) is 11.3. The number of halogens is 1. The van der Waals surface area contributed by atoms with Crippen LogP contribution in [0, 0.1) is 0 Å². The molecule has 0 amide bonds. The van der Waals surface area contributed by atoms with Gasteiger partial charge in [0, 0.05) is 12.5 Å². The molecule has 0 aliphatic heterocycles. The van der Waals surface area contributed by atoms with Crippen molar-refractivity contribution in [3.8, 4) is 0 Å². The van der Waals surface area contributed by atoms with Crippen LogP contribution in [0.25, 0.3) is 0 Å². The van der Waals surface area contributed by atoms with Crippen molar-refractivity contribution in [2.24, 2.45) is 0 Å².